The van der Waals surface area contributed by atoms with Gasteiger partial charge in [0.15, 0.2) is 0 Å². The quantitative estimate of drug-likeness (QED) is 0.599. The summed E-state index contributed by atoms with van der Waals surface area (Å²) in [4.78, 5) is 24.3. The molecule has 1 N–H and O–H groups in total. The van der Waals surface area contributed by atoms with Crippen molar-refractivity contribution in [3.05, 3.63) is 33.9 Å². The molecule has 10 heteroatoms. The normalized spacial score (nSPS) is 22.4. The highest BCUT2D eigenvalue weighted by atomic mass is 32.2. The smallest absolute Gasteiger partial charge is 0.272 e. The van der Waals surface area contributed by atoms with Crippen molar-refractivity contribution >= 4 is 21.6 Å². The van der Waals surface area contributed by atoms with Gasteiger partial charge >= 0.3 is 0 Å². The van der Waals surface area contributed by atoms with Crippen molar-refractivity contribution in [1.29, 1.82) is 0 Å². The molecular weight excluding hydrogens is 360 g/mol. The Morgan fingerprint density at radius 3 is 2.73 bits per heavy atom. The fourth-order valence-electron chi connectivity index (χ4n) is 3.54. The first-order chi connectivity index (χ1) is 12.3. The predicted molar refractivity (Wildman–Crippen MR) is 94.2 cm³/mol. The molecule has 0 bridgehead atoms. The summed E-state index contributed by atoms with van der Waals surface area (Å²) >= 11 is 0. The lowest BCUT2D eigenvalue weighted by atomic mass is 10.1. The van der Waals surface area contributed by atoms with Gasteiger partial charge in [0.25, 0.3) is 5.69 Å². The maximum absolute atomic E-state index is 13.0. The zero-order chi connectivity index (χ0) is 18.9. The Bertz CT molecular complexity index is 826. The zero-order valence-corrected chi connectivity index (χ0v) is 15.4. The molecule has 1 aromatic carbocycles. The molecule has 3 rings (SSSR count). The number of sulfonamides is 1. The van der Waals surface area contributed by atoms with E-state index in [0.29, 0.717) is 31.6 Å². The molecule has 2 aliphatic rings. The third-order valence-corrected chi connectivity index (χ3v) is 6.79. The zero-order valence-electron chi connectivity index (χ0n) is 14.6. The Balaban J connectivity index is 1.81. The summed E-state index contributed by atoms with van der Waals surface area (Å²) in [6.45, 7) is 3.73. The van der Waals surface area contributed by atoms with Crippen LogP contribution in [0.25, 0.3) is 0 Å². The molecule has 2 fully saturated rings. The molecule has 1 unspecified atom stereocenters. The lowest BCUT2D eigenvalue weighted by Crippen LogP contribution is -2.57. The van der Waals surface area contributed by atoms with Crippen LogP contribution >= 0.6 is 0 Å². The Hall–Kier alpha value is -2.04. The molecule has 0 aliphatic carbocycles. The molecule has 1 aromatic rings. The number of piperidine rings is 1. The van der Waals surface area contributed by atoms with Gasteiger partial charge in [-0.15, -0.1) is 0 Å². The minimum Gasteiger partial charge on any atom is -0.336 e. The van der Waals surface area contributed by atoms with E-state index in [-0.39, 0.29) is 35.6 Å². The fourth-order valence-corrected chi connectivity index (χ4v) is 5.14. The number of hydrogen-bond donors (Lipinski definition) is 1. The molecule has 1 atom stereocenters. The number of piperazine rings is 1. The van der Waals surface area contributed by atoms with Gasteiger partial charge in [0.1, 0.15) is 0 Å². The van der Waals surface area contributed by atoms with E-state index < -0.39 is 14.9 Å². The third kappa shape index (κ3) is 3.57. The summed E-state index contributed by atoms with van der Waals surface area (Å²) < 4.78 is 27.3. The summed E-state index contributed by atoms with van der Waals surface area (Å²) in [5.74, 6) is -0.00771. The average molecular weight is 382 g/mol. The number of carbonyl (C=O) groups is 1. The Kier molecular flexibility index (Phi) is 5.26. The van der Waals surface area contributed by atoms with Gasteiger partial charge in [0.2, 0.25) is 15.9 Å². The highest BCUT2D eigenvalue weighted by molar-refractivity contribution is 7.89. The minimum atomic E-state index is -3.76. The van der Waals surface area contributed by atoms with Gasteiger partial charge in [-0.2, -0.15) is 4.31 Å². The largest absolute Gasteiger partial charge is 0.336 e. The molecule has 0 radical (unpaired) electrons. The van der Waals surface area contributed by atoms with Crippen molar-refractivity contribution in [1.82, 2.24) is 14.5 Å². The van der Waals surface area contributed by atoms with Crippen molar-refractivity contribution in [2.45, 2.75) is 30.7 Å². The Morgan fingerprint density at radius 1 is 1.31 bits per heavy atom. The number of rotatable bonds is 4. The van der Waals surface area contributed by atoms with E-state index in [2.05, 4.69) is 5.32 Å². The number of nitro groups is 1. The molecule has 2 aliphatic heterocycles. The first-order valence-corrected chi connectivity index (χ1v) is 10.00. The van der Waals surface area contributed by atoms with Crippen LogP contribution in [0.5, 0.6) is 0 Å². The molecule has 0 aromatic heterocycles. The van der Waals surface area contributed by atoms with Gasteiger partial charge in [0, 0.05) is 43.9 Å². The molecular formula is C16H22N4O5S. The second-order valence-electron chi connectivity index (χ2n) is 6.63. The van der Waals surface area contributed by atoms with Crippen LogP contribution in [0.3, 0.4) is 0 Å². The first-order valence-electron chi connectivity index (χ1n) is 8.56. The van der Waals surface area contributed by atoms with Crippen LogP contribution in [0.2, 0.25) is 0 Å². The highest BCUT2D eigenvalue weighted by Gasteiger charge is 2.35. The van der Waals surface area contributed by atoms with Crippen molar-refractivity contribution in [2.24, 2.45) is 0 Å². The van der Waals surface area contributed by atoms with E-state index in [4.69, 9.17) is 0 Å². The summed E-state index contributed by atoms with van der Waals surface area (Å²) in [7, 11) is -3.76. The van der Waals surface area contributed by atoms with Crippen LogP contribution in [0.1, 0.15) is 18.4 Å². The number of aryl methyl sites for hydroxylation is 1. The number of benzene rings is 1. The topological polar surface area (TPSA) is 113 Å². The maximum atomic E-state index is 13.0. The Labute approximate surface area is 152 Å². The second-order valence-corrected chi connectivity index (χ2v) is 8.57. The average Bonchev–Trinajstić information content (AvgIpc) is 2.62. The number of nitrogens with zero attached hydrogens (tertiary/aromatic N) is 3. The Morgan fingerprint density at radius 2 is 2.08 bits per heavy atom. The van der Waals surface area contributed by atoms with Crippen LogP contribution < -0.4 is 5.32 Å². The predicted octanol–water partition coefficient (Wildman–Crippen LogP) is 0.488. The van der Waals surface area contributed by atoms with Crippen molar-refractivity contribution in [2.75, 3.05) is 32.7 Å². The lowest BCUT2D eigenvalue weighted by molar-refractivity contribution is -0.385. The fraction of sp³-hybridized carbons (Fsp3) is 0.562. The summed E-state index contributed by atoms with van der Waals surface area (Å²) in [6.07, 6.45) is 1.45. The van der Waals surface area contributed by atoms with Gasteiger partial charge in [-0.3, -0.25) is 14.9 Å². The maximum Gasteiger partial charge on any atom is 0.272 e. The number of amides is 1. The van der Waals surface area contributed by atoms with Crippen molar-refractivity contribution in [3.8, 4) is 0 Å². The van der Waals surface area contributed by atoms with Crippen LogP contribution in [0, 0.1) is 17.0 Å². The van der Waals surface area contributed by atoms with Gasteiger partial charge in [-0.1, -0.05) is 0 Å². The van der Waals surface area contributed by atoms with Gasteiger partial charge in [-0.05, 0) is 31.9 Å². The molecule has 0 saturated carbocycles. The van der Waals surface area contributed by atoms with E-state index in [1.54, 1.807) is 4.90 Å². The van der Waals surface area contributed by atoms with Gasteiger partial charge < -0.3 is 10.2 Å². The molecule has 26 heavy (non-hydrogen) atoms. The first kappa shape index (κ1) is 18.7. The van der Waals surface area contributed by atoms with E-state index >= 15 is 0 Å². The number of hydrogen-bond acceptors (Lipinski definition) is 6. The number of nitrogens with one attached hydrogen (secondary N) is 1. The van der Waals surface area contributed by atoms with E-state index in [1.807, 2.05) is 0 Å². The van der Waals surface area contributed by atoms with Crippen LogP contribution in [-0.4, -0.2) is 67.2 Å². The third-order valence-electron chi connectivity index (χ3n) is 4.93. The van der Waals surface area contributed by atoms with Gasteiger partial charge in [0.05, 0.1) is 16.4 Å². The summed E-state index contributed by atoms with van der Waals surface area (Å²) in [5.41, 5.74) is 0.203. The van der Waals surface area contributed by atoms with Crippen molar-refractivity contribution in [3.63, 3.8) is 0 Å². The van der Waals surface area contributed by atoms with Gasteiger partial charge in [-0.25, -0.2) is 8.42 Å². The molecule has 2 saturated heterocycles. The highest BCUT2D eigenvalue weighted by Crippen LogP contribution is 2.27. The van der Waals surface area contributed by atoms with Crippen LogP contribution in [0.15, 0.2) is 23.1 Å². The molecule has 0 spiro atoms. The van der Waals surface area contributed by atoms with E-state index in [1.165, 1.54) is 29.4 Å². The van der Waals surface area contributed by atoms with E-state index in [0.717, 1.165) is 6.42 Å². The molecule has 142 valence electrons. The standard InChI is InChI=1S/C16H22N4O5S/c1-12-9-14(4-5-15(12)20(22)23)26(24,25)18-7-2-3-13(11-18)19-8-6-17-10-16(19)21/h4-5,9,13,17H,2-3,6-8,10-11H2,1H3. The monoisotopic (exact) mass is 382 g/mol. The van der Waals surface area contributed by atoms with Crippen LogP contribution in [0.4, 0.5) is 5.69 Å². The number of nitro benzene ring substituents is 1. The summed E-state index contributed by atoms with van der Waals surface area (Å²) in [5, 5.41) is 13.9. The molecule has 1 amide bonds. The molecule has 9 nitrogen and oxygen atoms in total. The lowest BCUT2D eigenvalue weighted by Gasteiger charge is -2.40. The molecule has 2 heterocycles. The minimum absolute atomic E-state index is 0.00771. The number of carbonyl (C=O) groups excluding carboxylic acids is 1. The van der Waals surface area contributed by atoms with E-state index in [9.17, 15) is 23.3 Å². The van der Waals surface area contributed by atoms with Crippen molar-refractivity contribution < 1.29 is 18.1 Å². The summed E-state index contributed by atoms with van der Waals surface area (Å²) in [6, 6.07) is 3.71. The second kappa shape index (κ2) is 7.29. The van der Waals surface area contributed by atoms with Crippen LogP contribution in [-0.2, 0) is 14.8 Å². The SMILES string of the molecule is Cc1cc(S(=O)(=O)N2CCCC(N3CCNCC3=O)C2)ccc1[N+](=O)[O-].